The minimum absolute atomic E-state index is 0.158. The summed E-state index contributed by atoms with van der Waals surface area (Å²) in [6, 6.07) is 10.2. The first kappa shape index (κ1) is 22.4. The normalized spacial score (nSPS) is 11.2. The quantitative estimate of drug-likeness (QED) is 0.164. The van der Waals surface area contributed by atoms with Crippen molar-refractivity contribution in [3.63, 3.8) is 0 Å². The molecule has 0 aliphatic carbocycles. The van der Waals surface area contributed by atoms with Gasteiger partial charge in [0.15, 0.2) is 5.75 Å². The molecule has 0 unspecified atom stereocenters. The van der Waals surface area contributed by atoms with Crippen LogP contribution in [0, 0.1) is 5.82 Å². The molecular weight excluding hydrogens is 401 g/mol. The molecular formula is C24H24FNO5. The first-order chi connectivity index (χ1) is 15.0. The van der Waals surface area contributed by atoms with Crippen molar-refractivity contribution in [3.8, 4) is 5.75 Å². The van der Waals surface area contributed by atoms with Crippen LogP contribution in [0.4, 0.5) is 4.39 Å². The molecule has 0 bridgehead atoms. The highest BCUT2D eigenvalue weighted by Gasteiger charge is 2.15. The van der Waals surface area contributed by atoms with E-state index < -0.39 is 5.97 Å². The zero-order valence-corrected chi connectivity index (χ0v) is 17.7. The van der Waals surface area contributed by atoms with E-state index in [1.165, 1.54) is 25.3 Å². The van der Waals surface area contributed by atoms with Crippen LogP contribution in [0.5, 0.6) is 5.75 Å². The van der Waals surface area contributed by atoms with Crippen molar-refractivity contribution >= 4 is 22.9 Å². The minimum atomic E-state index is -0.466. The molecule has 1 heterocycles. The van der Waals surface area contributed by atoms with Crippen LogP contribution in [0.1, 0.15) is 29.2 Å². The largest absolute Gasteiger partial charge is 0.494 e. The van der Waals surface area contributed by atoms with E-state index in [0.29, 0.717) is 24.3 Å². The number of fused-ring (bicyclic) bond motifs is 1. The topological polar surface area (TPSA) is 66.9 Å². The summed E-state index contributed by atoms with van der Waals surface area (Å²) in [5.41, 5.74) is 4.01. The van der Waals surface area contributed by atoms with Crippen LogP contribution in [0.25, 0.3) is 17.0 Å². The predicted molar refractivity (Wildman–Crippen MR) is 115 cm³/mol. The Labute approximate surface area is 180 Å². The minimum Gasteiger partial charge on any atom is -0.494 e. The fourth-order valence-corrected chi connectivity index (χ4v) is 3.21. The number of hydrogen-bond acceptors (Lipinski definition) is 6. The lowest BCUT2D eigenvalue weighted by atomic mass is 9.99. The summed E-state index contributed by atoms with van der Waals surface area (Å²) in [7, 11) is 2.89. The summed E-state index contributed by atoms with van der Waals surface area (Å²) in [6.45, 7) is 2.40. The molecule has 0 aliphatic rings. The highest BCUT2D eigenvalue weighted by Crippen LogP contribution is 2.33. The zero-order valence-electron chi connectivity index (χ0n) is 17.7. The van der Waals surface area contributed by atoms with Gasteiger partial charge in [0.1, 0.15) is 17.9 Å². The third-order valence-corrected chi connectivity index (χ3v) is 4.63. The number of rotatable bonds is 9. The van der Waals surface area contributed by atoms with Gasteiger partial charge in [-0.15, -0.1) is 0 Å². The lowest BCUT2D eigenvalue weighted by molar-refractivity contribution is -0.300. The van der Waals surface area contributed by atoms with Crippen LogP contribution in [0.2, 0.25) is 0 Å². The van der Waals surface area contributed by atoms with E-state index in [2.05, 4.69) is 4.98 Å². The molecule has 2 aromatic carbocycles. The fraction of sp³-hybridized carbons (Fsp3) is 0.250. The first-order valence-electron chi connectivity index (χ1n) is 9.79. The Morgan fingerprint density at radius 2 is 1.87 bits per heavy atom. The number of pyridine rings is 1. The van der Waals surface area contributed by atoms with Crippen LogP contribution < -0.4 is 4.74 Å². The van der Waals surface area contributed by atoms with Crippen molar-refractivity contribution in [2.24, 2.45) is 0 Å². The molecule has 0 amide bonds. The predicted octanol–water partition coefficient (Wildman–Crippen LogP) is 4.63. The van der Waals surface area contributed by atoms with Gasteiger partial charge in [0.2, 0.25) is 0 Å². The molecule has 0 atom stereocenters. The van der Waals surface area contributed by atoms with Crippen molar-refractivity contribution in [1.29, 1.82) is 0 Å². The number of carbonyl (C=O) groups excluding carboxylic acids is 1. The molecule has 0 saturated heterocycles. The smallest absolute Gasteiger partial charge is 0.330 e. The number of benzene rings is 2. The summed E-state index contributed by atoms with van der Waals surface area (Å²) < 4.78 is 23.5. The standard InChI is InChI=1S/C24H24FNO5/c1-4-30-31-15-19-13-18(7-10-22(27)28-2)21-12-17(14-26-23(21)24(19)29-3)11-16-5-8-20(25)9-6-16/h5-10,12-14H,4,11,15H2,1-3H3/b10-7+. The van der Waals surface area contributed by atoms with Gasteiger partial charge in [0.05, 0.1) is 20.8 Å². The molecule has 0 N–H and O–H groups in total. The molecule has 162 valence electrons. The maximum absolute atomic E-state index is 13.2. The number of carbonyl (C=O) groups is 1. The van der Waals surface area contributed by atoms with Crippen LogP contribution in [-0.2, 0) is 32.3 Å². The van der Waals surface area contributed by atoms with Gasteiger partial charge in [-0.2, -0.15) is 0 Å². The number of aromatic nitrogens is 1. The molecule has 1 aromatic heterocycles. The molecule has 3 rings (SSSR count). The molecule has 31 heavy (non-hydrogen) atoms. The Bertz CT molecular complexity index is 1080. The Morgan fingerprint density at radius 3 is 2.55 bits per heavy atom. The van der Waals surface area contributed by atoms with Gasteiger partial charge in [0, 0.05) is 23.2 Å². The van der Waals surface area contributed by atoms with Crippen molar-refractivity contribution in [1.82, 2.24) is 4.98 Å². The molecule has 0 saturated carbocycles. The van der Waals surface area contributed by atoms with Gasteiger partial charge in [-0.3, -0.25) is 4.98 Å². The van der Waals surface area contributed by atoms with Crippen molar-refractivity contribution < 1.29 is 28.4 Å². The summed E-state index contributed by atoms with van der Waals surface area (Å²) in [5.74, 6) is -0.174. The lowest BCUT2D eigenvalue weighted by Gasteiger charge is -2.14. The van der Waals surface area contributed by atoms with Crippen molar-refractivity contribution in [2.45, 2.75) is 20.0 Å². The Morgan fingerprint density at radius 1 is 1.10 bits per heavy atom. The van der Waals surface area contributed by atoms with E-state index in [4.69, 9.17) is 19.2 Å². The SMILES string of the molecule is CCOOCc1cc(/C=C/C(=O)OC)c2cc(Cc3ccc(F)cc3)cnc2c1OC. The molecule has 0 radical (unpaired) electrons. The molecule has 0 fully saturated rings. The number of ether oxygens (including phenoxy) is 2. The second-order valence-electron chi connectivity index (χ2n) is 6.73. The van der Waals surface area contributed by atoms with Crippen LogP contribution in [0.3, 0.4) is 0 Å². The Kier molecular flexibility index (Phi) is 7.70. The van der Waals surface area contributed by atoms with Crippen molar-refractivity contribution in [2.75, 3.05) is 20.8 Å². The number of esters is 1. The molecule has 0 aliphatic heterocycles. The van der Waals surface area contributed by atoms with E-state index in [0.717, 1.165) is 27.6 Å². The van der Waals surface area contributed by atoms with E-state index in [1.807, 2.05) is 19.1 Å². The lowest BCUT2D eigenvalue weighted by Crippen LogP contribution is -2.02. The zero-order chi connectivity index (χ0) is 22.2. The van der Waals surface area contributed by atoms with Gasteiger partial charge in [-0.1, -0.05) is 12.1 Å². The van der Waals surface area contributed by atoms with E-state index in [-0.39, 0.29) is 12.4 Å². The highest BCUT2D eigenvalue weighted by molar-refractivity contribution is 5.96. The van der Waals surface area contributed by atoms with Gasteiger partial charge < -0.3 is 9.47 Å². The van der Waals surface area contributed by atoms with Crippen LogP contribution in [-0.4, -0.2) is 31.8 Å². The van der Waals surface area contributed by atoms with Gasteiger partial charge in [-0.25, -0.2) is 19.0 Å². The van der Waals surface area contributed by atoms with Gasteiger partial charge in [0.25, 0.3) is 0 Å². The second kappa shape index (κ2) is 10.7. The summed E-state index contributed by atoms with van der Waals surface area (Å²) in [6.07, 6.45) is 5.36. The molecule has 7 heteroatoms. The summed E-state index contributed by atoms with van der Waals surface area (Å²) in [4.78, 5) is 26.5. The molecule has 0 spiro atoms. The summed E-state index contributed by atoms with van der Waals surface area (Å²) >= 11 is 0. The average molecular weight is 425 g/mol. The first-order valence-corrected chi connectivity index (χ1v) is 9.79. The highest BCUT2D eigenvalue weighted by atomic mass is 19.1. The van der Waals surface area contributed by atoms with E-state index in [9.17, 15) is 9.18 Å². The van der Waals surface area contributed by atoms with Crippen LogP contribution >= 0.6 is 0 Å². The Balaban J connectivity index is 2.07. The average Bonchev–Trinajstić information content (AvgIpc) is 2.79. The van der Waals surface area contributed by atoms with E-state index >= 15 is 0 Å². The third kappa shape index (κ3) is 5.65. The van der Waals surface area contributed by atoms with Crippen molar-refractivity contribution in [3.05, 3.63) is 76.7 Å². The Hall–Kier alpha value is -3.29. The molecule has 6 nitrogen and oxygen atoms in total. The maximum Gasteiger partial charge on any atom is 0.330 e. The van der Waals surface area contributed by atoms with Gasteiger partial charge in [-0.05, 0) is 60.4 Å². The fourth-order valence-electron chi connectivity index (χ4n) is 3.21. The third-order valence-electron chi connectivity index (χ3n) is 4.63. The molecule has 3 aromatic rings. The van der Waals surface area contributed by atoms with E-state index in [1.54, 1.807) is 31.5 Å². The number of nitrogens with zero attached hydrogens (tertiary/aromatic N) is 1. The summed E-state index contributed by atoms with van der Waals surface area (Å²) in [5, 5.41) is 0.803. The van der Waals surface area contributed by atoms with Crippen LogP contribution in [0.15, 0.2) is 48.7 Å². The monoisotopic (exact) mass is 425 g/mol. The number of hydrogen-bond donors (Lipinski definition) is 0. The van der Waals surface area contributed by atoms with Gasteiger partial charge >= 0.3 is 5.97 Å². The number of halogens is 1. The number of methoxy groups -OCH3 is 2. The maximum atomic E-state index is 13.2. The second-order valence-corrected chi connectivity index (χ2v) is 6.73.